The third kappa shape index (κ3) is 4.87. The van der Waals surface area contributed by atoms with Crippen molar-refractivity contribution in [2.75, 3.05) is 13.2 Å². The van der Waals surface area contributed by atoms with Gasteiger partial charge in [-0.15, -0.1) is 11.3 Å². The highest BCUT2D eigenvalue weighted by Gasteiger charge is 2.40. The number of nitrogens with zero attached hydrogens (tertiary/aromatic N) is 1. The van der Waals surface area contributed by atoms with E-state index in [1.807, 2.05) is 6.92 Å². The fourth-order valence-electron chi connectivity index (χ4n) is 1.09. The molecule has 104 valence electrons. The number of rotatable bonds is 8. The number of hydrogen-bond acceptors (Lipinski definition) is 4. The van der Waals surface area contributed by atoms with E-state index in [-0.39, 0.29) is 6.61 Å². The lowest BCUT2D eigenvalue weighted by molar-refractivity contribution is -0.168. The van der Waals surface area contributed by atoms with Gasteiger partial charge in [0.15, 0.2) is 0 Å². The lowest BCUT2D eigenvalue weighted by Gasteiger charge is -2.14. The zero-order valence-electron chi connectivity index (χ0n) is 9.76. The Morgan fingerprint density at radius 2 is 2.22 bits per heavy atom. The Kier molecular flexibility index (Phi) is 5.97. The van der Waals surface area contributed by atoms with E-state index in [2.05, 4.69) is 15.0 Å². The van der Waals surface area contributed by atoms with Gasteiger partial charge in [0.2, 0.25) is 0 Å². The van der Waals surface area contributed by atoms with Gasteiger partial charge in [0.05, 0.1) is 12.3 Å². The van der Waals surface area contributed by atoms with Crippen LogP contribution in [-0.2, 0) is 17.9 Å². The molecule has 1 rings (SSSR count). The minimum atomic E-state index is -4.11. The van der Waals surface area contributed by atoms with Crippen molar-refractivity contribution in [3.63, 3.8) is 0 Å². The minimum Gasteiger partial charge on any atom is -0.368 e. The van der Waals surface area contributed by atoms with Crippen molar-refractivity contribution >= 4 is 11.3 Å². The topological polar surface area (TPSA) is 34.1 Å². The molecule has 0 aromatic carbocycles. The highest BCUT2D eigenvalue weighted by atomic mass is 32.1. The molecule has 0 spiro atoms. The molecule has 1 aromatic heterocycles. The molecule has 0 atom stereocenters. The number of alkyl halides is 4. The summed E-state index contributed by atoms with van der Waals surface area (Å²) in [5.41, 5.74) is 0.779. The Morgan fingerprint density at radius 1 is 1.50 bits per heavy atom. The van der Waals surface area contributed by atoms with E-state index in [1.54, 1.807) is 5.38 Å². The predicted octanol–water partition coefficient (Wildman–Crippen LogP) is 2.67. The van der Waals surface area contributed by atoms with E-state index < -0.39 is 19.0 Å². The minimum absolute atomic E-state index is 0.181. The SMILES string of the molecule is CCNCc1csc(COCC(F)(F)C(F)F)n1. The van der Waals surface area contributed by atoms with Gasteiger partial charge in [0.1, 0.15) is 11.6 Å². The summed E-state index contributed by atoms with van der Waals surface area (Å²) >= 11 is 1.25. The molecule has 0 amide bonds. The number of halogens is 4. The van der Waals surface area contributed by atoms with Gasteiger partial charge in [-0.1, -0.05) is 6.92 Å². The third-order valence-electron chi connectivity index (χ3n) is 1.99. The standard InChI is InChI=1S/C10H14F4N2OS/c1-2-15-3-7-5-18-8(16-7)4-17-6-10(13,14)9(11)12/h5,9,15H,2-4,6H2,1H3. The summed E-state index contributed by atoms with van der Waals surface area (Å²) in [6.45, 7) is 1.85. The molecular formula is C10H14F4N2OS. The molecule has 8 heteroatoms. The molecule has 1 N–H and O–H groups in total. The summed E-state index contributed by atoms with van der Waals surface area (Å²) in [5.74, 6) is -4.11. The molecule has 0 saturated carbocycles. The highest BCUT2D eigenvalue weighted by Crippen LogP contribution is 2.23. The summed E-state index contributed by atoms with van der Waals surface area (Å²) in [6.07, 6.45) is -3.71. The monoisotopic (exact) mass is 286 g/mol. The van der Waals surface area contributed by atoms with Gasteiger partial charge in [-0.3, -0.25) is 0 Å². The molecule has 0 unspecified atom stereocenters. The van der Waals surface area contributed by atoms with E-state index >= 15 is 0 Å². The van der Waals surface area contributed by atoms with Crippen LogP contribution in [0.5, 0.6) is 0 Å². The summed E-state index contributed by atoms with van der Waals surface area (Å²) in [4.78, 5) is 4.11. The number of nitrogens with one attached hydrogen (secondary N) is 1. The van der Waals surface area contributed by atoms with Crippen LogP contribution in [0.4, 0.5) is 17.6 Å². The van der Waals surface area contributed by atoms with E-state index in [4.69, 9.17) is 0 Å². The maximum atomic E-state index is 12.5. The maximum Gasteiger partial charge on any atom is 0.330 e. The van der Waals surface area contributed by atoms with Crippen LogP contribution in [0, 0.1) is 0 Å². The molecule has 3 nitrogen and oxygen atoms in total. The van der Waals surface area contributed by atoms with Crippen LogP contribution in [-0.4, -0.2) is 30.5 Å². The first-order valence-electron chi connectivity index (χ1n) is 5.33. The van der Waals surface area contributed by atoms with Crippen molar-refractivity contribution in [2.24, 2.45) is 0 Å². The molecule has 0 saturated heterocycles. The number of ether oxygens (including phenoxy) is 1. The van der Waals surface area contributed by atoms with Crippen molar-refractivity contribution in [1.29, 1.82) is 0 Å². The molecule has 0 fully saturated rings. The van der Waals surface area contributed by atoms with Crippen LogP contribution in [0.2, 0.25) is 0 Å². The Hall–Kier alpha value is -0.730. The molecule has 0 radical (unpaired) electrons. The Morgan fingerprint density at radius 3 is 2.83 bits per heavy atom. The molecule has 18 heavy (non-hydrogen) atoms. The van der Waals surface area contributed by atoms with Gasteiger partial charge in [-0.25, -0.2) is 13.8 Å². The lowest BCUT2D eigenvalue weighted by Crippen LogP contribution is -2.32. The fourth-order valence-corrected chi connectivity index (χ4v) is 1.82. The molecule has 0 bridgehead atoms. The molecule has 0 aliphatic rings. The van der Waals surface area contributed by atoms with E-state index in [9.17, 15) is 17.6 Å². The Balaban J connectivity index is 2.33. The smallest absolute Gasteiger partial charge is 0.330 e. The summed E-state index contributed by atoms with van der Waals surface area (Å²) in [7, 11) is 0. The number of aromatic nitrogens is 1. The predicted molar refractivity (Wildman–Crippen MR) is 60.1 cm³/mol. The van der Waals surface area contributed by atoms with Gasteiger partial charge in [-0.05, 0) is 6.54 Å². The lowest BCUT2D eigenvalue weighted by atomic mass is 10.4. The van der Waals surface area contributed by atoms with Crippen molar-refractivity contribution < 1.29 is 22.3 Å². The van der Waals surface area contributed by atoms with Gasteiger partial charge in [0, 0.05) is 11.9 Å². The normalized spacial score (nSPS) is 12.3. The van der Waals surface area contributed by atoms with Gasteiger partial charge in [-0.2, -0.15) is 8.78 Å². The molecule has 0 aliphatic carbocycles. The largest absolute Gasteiger partial charge is 0.368 e. The van der Waals surface area contributed by atoms with Gasteiger partial charge >= 0.3 is 12.3 Å². The number of hydrogen-bond donors (Lipinski definition) is 1. The van der Waals surface area contributed by atoms with Crippen LogP contribution >= 0.6 is 11.3 Å². The first kappa shape index (κ1) is 15.3. The van der Waals surface area contributed by atoms with E-state index in [1.165, 1.54) is 11.3 Å². The summed E-state index contributed by atoms with van der Waals surface area (Å²) in [5, 5.41) is 5.32. The zero-order valence-corrected chi connectivity index (χ0v) is 10.6. The van der Waals surface area contributed by atoms with Crippen molar-refractivity contribution in [3.8, 4) is 0 Å². The summed E-state index contributed by atoms with van der Waals surface area (Å²) in [6, 6.07) is 0. The third-order valence-corrected chi connectivity index (χ3v) is 2.87. The quantitative estimate of drug-likeness (QED) is 0.746. The van der Waals surface area contributed by atoms with Crippen LogP contribution in [0.25, 0.3) is 0 Å². The zero-order chi connectivity index (χ0) is 13.6. The van der Waals surface area contributed by atoms with E-state index in [0.29, 0.717) is 11.6 Å². The molecular weight excluding hydrogens is 272 g/mol. The number of thiazole rings is 1. The van der Waals surface area contributed by atoms with Crippen LogP contribution in [0.15, 0.2) is 5.38 Å². The summed E-state index contributed by atoms with van der Waals surface area (Å²) < 4.78 is 53.3. The van der Waals surface area contributed by atoms with Crippen LogP contribution < -0.4 is 5.32 Å². The van der Waals surface area contributed by atoms with Crippen molar-refractivity contribution in [3.05, 3.63) is 16.1 Å². The highest BCUT2D eigenvalue weighted by molar-refractivity contribution is 7.09. The van der Waals surface area contributed by atoms with Crippen molar-refractivity contribution in [1.82, 2.24) is 10.3 Å². The molecule has 0 aliphatic heterocycles. The molecule has 1 heterocycles. The first-order chi connectivity index (χ1) is 8.45. The second-order valence-corrected chi connectivity index (χ2v) is 4.51. The van der Waals surface area contributed by atoms with Crippen LogP contribution in [0.3, 0.4) is 0 Å². The Labute approximate surface area is 106 Å². The average Bonchev–Trinajstić information content (AvgIpc) is 2.74. The van der Waals surface area contributed by atoms with E-state index in [0.717, 1.165) is 12.2 Å². The Bertz CT molecular complexity index is 359. The first-order valence-corrected chi connectivity index (χ1v) is 6.21. The average molecular weight is 286 g/mol. The van der Waals surface area contributed by atoms with Gasteiger partial charge in [0.25, 0.3) is 0 Å². The second kappa shape index (κ2) is 7.01. The molecule has 1 aromatic rings. The maximum absolute atomic E-state index is 12.5. The van der Waals surface area contributed by atoms with Crippen molar-refractivity contribution in [2.45, 2.75) is 32.4 Å². The van der Waals surface area contributed by atoms with Crippen LogP contribution in [0.1, 0.15) is 17.6 Å². The second-order valence-electron chi connectivity index (χ2n) is 3.57. The fraction of sp³-hybridized carbons (Fsp3) is 0.700. The van der Waals surface area contributed by atoms with Gasteiger partial charge < -0.3 is 10.1 Å².